The third-order valence-corrected chi connectivity index (χ3v) is 7.03. The van der Waals surface area contributed by atoms with Crippen LogP contribution in [0.15, 0.2) is 53.4 Å². The maximum atomic E-state index is 12.9. The summed E-state index contributed by atoms with van der Waals surface area (Å²) in [6.45, 7) is 0.124. The van der Waals surface area contributed by atoms with Gasteiger partial charge in [0.15, 0.2) is 0 Å². The molecule has 0 radical (unpaired) electrons. The van der Waals surface area contributed by atoms with Gasteiger partial charge in [0.05, 0.1) is 37.8 Å². The van der Waals surface area contributed by atoms with Gasteiger partial charge in [-0.1, -0.05) is 6.07 Å². The highest BCUT2D eigenvalue weighted by molar-refractivity contribution is 6.02. The van der Waals surface area contributed by atoms with Gasteiger partial charge in [0.2, 0.25) is 0 Å². The van der Waals surface area contributed by atoms with Gasteiger partial charge in [0.25, 0.3) is 5.91 Å². The highest BCUT2D eigenvalue weighted by Crippen LogP contribution is 2.39. The fourth-order valence-electron chi connectivity index (χ4n) is 5.16. The summed E-state index contributed by atoms with van der Waals surface area (Å²) in [6, 6.07) is 9.70. The van der Waals surface area contributed by atoms with Crippen molar-refractivity contribution in [2.75, 3.05) is 33.4 Å². The zero-order chi connectivity index (χ0) is 25.7. The summed E-state index contributed by atoms with van der Waals surface area (Å²) in [5.41, 5.74) is 5.06. The first kappa shape index (κ1) is 23.6. The number of ether oxygens (including phenoxy) is 2. The van der Waals surface area contributed by atoms with Gasteiger partial charge in [-0.3, -0.25) is 9.48 Å². The molecule has 7 nitrogen and oxygen atoms in total. The van der Waals surface area contributed by atoms with Crippen molar-refractivity contribution >= 4 is 16.9 Å². The van der Waals surface area contributed by atoms with Crippen LogP contribution in [0.3, 0.4) is 0 Å². The highest BCUT2D eigenvalue weighted by Gasteiger charge is 2.37. The van der Waals surface area contributed by atoms with Crippen LogP contribution in [0.5, 0.6) is 5.75 Å². The Kier molecular flexibility index (Phi) is 5.71. The molecule has 1 saturated heterocycles. The number of rotatable bonds is 5. The smallest absolute Gasteiger partial charge is 0.406 e. The number of amides is 1. The van der Waals surface area contributed by atoms with Crippen molar-refractivity contribution < 1.29 is 31.9 Å². The summed E-state index contributed by atoms with van der Waals surface area (Å²) in [5.74, 6) is -0.424. The van der Waals surface area contributed by atoms with Crippen LogP contribution in [0.25, 0.3) is 33.2 Å². The van der Waals surface area contributed by atoms with Crippen molar-refractivity contribution in [1.82, 2.24) is 14.7 Å². The highest BCUT2D eigenvalue weighted by atomic mass is 19.4. The molecule has 1 amide bonds. The predicted molar refractivity (Wildman–Crippen MR) is 130 cm³/mol. The van der Waals surface area contributed by atoms with Gasteiger partial charge in [-0.05, 0) is 53.8 Å². The van der Waals surface area contributed by atoms with E-state index in [4.69, 9.17) is 13.9 Å². The van der Waals surface area contributed by atoms with Crippen LogP contribution in [-0.4, -0.2) is 60.2 Å². The van der Waals surface area contributed by atoms with E-state index in [0.29, 0.717) is 24.2 Å². The van der Waals surface area contributed by atoms with Crippen molar-refractivity contribution in [3.05, 3.63) is 60.1 Å². The van der Waals surface area contributed by atoms with Gasteiger partial charge in [-0.2, -0.15) is 18.3 Å². The summed E-state index contributed by atoms with van der Waals surface area (Å²) in [7, 11) is 1.41. The largest absolute Gasteiger partial charge is 0.496 e. The number of methoxy groups -OCH3 is 1. The molecule has 37 heavy (non-hydrogen) atoms. The van der Waals surface area contributed by atoms with Crippen molar-refractivity contribution in [1.29, 1.82) is 0 Å². The average molecular weight is 512 g/mol. The molecule has 4 heterocycles. The van der Waals surface area contributed by atoms with Crippen LogP contribution in [0.1, 0.15) is 28.4 Å². The average Bonchev–Trinajstić information content (AvgIpc) is 3.64. The third kappa shape index (κ3) is 4.35. The minimum absolute atomic E-state index is 0.00584. The number of carbonyl (C=O) groups is 1. The molecule has 1 unspecified atom stereocenters. The number of halogens is 3. The maximum Gasteiger partial charge on any atom is 0.406 e. The van der Waals surface area contributed by atoms with Crippen LogP contribution >= 0.6 is 0 Å². The molecule has 0 N–H and O–H groups in total. The second kappa shape index (κ2) is 8.95. The van der Waals surface area contributed by atoms with Gasteiger partial charge in [0, 0.05) is 35.9 Å². The van der Waals surface area contributed by atoms with E-state index in [1.807, 2.05) is 41.3 Å². The fourth-order valence-corrected chi connectivity index (χ4v) is 5.16. The van der Waals surface area contributed by atoms with E-state index in [1.165, 1.54) is 7.11 Å². The molecule has 0 saturated carbocycles. The standard InChI is InChI=1S/C27H24F3N3O4/c1-35-24-10-18(8-17-4-6-32(15-27(28,29)30)26(34)25(17)24)22-14-37-23-9-16(2-3-21(22)23)19-11-31-33(12-19)20-5-7-36-13-20/h2-3,8-12,14,20H,4-7,13,15H2,1H3. The van der Waals surface area contributed by atoms with Crippen LogP contribution in [-0.2, 0) is 11.2 Å². The summed E-state index contributed by atoms with van der Waals surface area (Å²) in [4.78, 5) is 13.7. The number of alkyl halides is 3. The van der Waals surface area contributed by atoms with E-state index >= 15 is 0 Å². The van der Waals surface area contributed by atoms with Crippen molar-refractivity contribution in [3.63, 3.8) is 0 Å². The zero-order valence-corrected chi connectivity index (χ0v) is 20.0. The van der Waals surface area contributed by atoms with E-state index in [-0.39, 0.29) is 23.9 Å². The first-order chi connectivity index (χ1) is 17.8. The Morgan fingerprint density at radius 3 is 2.78 bits per heavy atom. The molecule has 4 aromatic rings. The SMILES string of the molecule is COc1cc(-c2coc3cc(-c4cnn(C5CCOC5)c4)ccc23)cc2c1C(=O)N(CC(F)(F)F)CC2. The van der Waals surface area contributed by atoms with E-state index in [9.17, 15) is 18.0 Å². The summed E-state index contributed by atoms with van der Waals surface area (Å²) in [5, 5.41) is 5.38. The quantitative estimate of drug-likeness (QED) is 0.354. The molecule has 0 aliphatic carbocycles. The second-order valence-corrected chi connectivity index (χ2v) is 9.39. The van der Waals surface area contributed by atoms with Crippen molar-refractivity contribution in [2.45, 2.75) is 25.1 Å². The van der Waals surface area contributed by atoms with E-state index < -0.39 is 18.6 Å². The number of carbonyl (C=O) groups excluding carboxylic acids is 1. The van der Waals surface area contributed by atoms with Gasteiger partial charge in [0.1, 0.15) is 17.9 Å². The van der Waals surface area contributed by atoms with Crippen molar-refractivity contribution in [3.8, 4) is 28.0 Å². The molecule has 2 aliphatic heterocycles. The molecule has 0 spiro atoms. The first-order valence-electron chi connectivity index (χ1n) is 12.0. The fraction of sp³-hybridized carbons (Fsp3) is 0.333. The monoisotopic (exact) mass is 511 g/mol. The van der Waals surface area contributed by atoms with Gasteiger partial charge in [-0.25, -0.2) is 0 Å². The first-order valence-corrected chi connectivity index (χ1v) is 12.0. The van der Waals surface area contributed by atoms with Gasteiger partial charge >= 0.3 is 6.18 Å². The van der Waals surface area contributed by atoms with Crippen LogP contribution < -0.4 is 4.74 Å². The predicted octanol–water partition coefficient (Wildman–Crippen LogP) is 5.49. The van der Waals surface area contributed by atoms with E-state index in [0.717, 1.165) is 45.6 Å². The third-order valence-electron chi connectivity index (χ3n) is 7.03. The molecule has 0 bridgehead atoms. The molecular formula is C27H24F3N3O4. The van der Waals surface area contributed by atoms with Crippen LogP contribution in [0.2, 0.25) is 0 Å². The molecule has 1 atom stereocenters. The Morgan fingerprint density at radius 2 is 2.03 bits per heavy atom. The summed E-state index contributed by atoms with van der Waals surface area (Å²) in [6.07, 6.45) is 2.28. The molecule has 2 aromatic carbocycles. The molecule has 192 valence electrons. The number of aromatic nitrogens is 2. The van der Waals surface area contributed by atoms with Gasteiger partial charge < -0.3 is 18.8 Å². The molecule has 2 aromatic heterocycles. The number of fused-ring (bicyclic) bond motifs is 2. The lowest BCUT2D eigenvalue weighted by molar-refractivity contribution is -0.141. The Bertz CT molecular complexity index is 1470. The van der Waals surface area contributed by atoms with E-state index in [1.54, 1.807) is 12.3 Å². The normalized spacial score (nSPS) is 18.0. The molecule has 1 fully saturated rings. The summed E-state index contributed by atoms with van der Waals surface area (Å²) < 4.78 is 57.6. The Labute approximate surface area is 210 Å². The lowest BCUT2D eigenvalue weighted by Crippen LogP contribution is -2.43. The maximum absolute atomic E-state index is 12.9. The molecular weight excluding hydrogens is 487 g/mol. The van der Waals surface area contributed by atoms with Crippen molar-refractivity contribution in [2.24, 2.45) is 0 Å². The van der Waals surface area contributed by atoms with Crippen LogP contribution in [0.4, 0.5) is 13.2 Å². The summed E-state index contributed by atoms with van der Waals surface area (Å²) >= 11 is 0. The number of benzene rings is 2. The second-order valence-electron chi connectivity index (χ2n) is 9.39. The van der Waals surface area contributed by atoms with E-state index in [2.05, 4.69) is 5.10 Å². The number of nitrogens with zero attached hydrogens (tertiary/aromatic N) is 3. The van der Waals surface area contributed by atoms with Crippen LogP contribution in [0, 0.1) is 0 Å². The Morgan fingerprint density at radius 1 is 1.16 bits per heavy atom. The molecule has 10 heteroatoms. The topological polar surface area (TPSA) is 69.7 Å². The number of furan rings is 1. The minimum Gasteiger partial charge on any atom is -0.496 e. The number of hydrogen-bond acceptors (Lipinski definition) is 5. The lowest BCUT2D eigenvalue weighted by atomic mass is 9.92. The zero-order valence-electron chi connectivity index (χ0n) is 20.0. The molecule has 6 rings (SSSR count). The lowest BCUT2D eigenvalue weighted by Gasteiger charge is -2.30. The Hall–Kier alpha value is -3.79. The Balaban J connectivity index is 1.32. The van der Waals surface area contributed by atoms with Gasteiger partial charge in [-0.15, -0.1) is 0 Å². The number of hydrogen-bond donors (Lipinski definition) is 0. The molecule has 2 aliphatic rings. The minimum atomic E-state index is -4.46.